The molecule has 2 aromatic rings. The van der Waals surface area contributed by atoms with Gasteiger partial charge in [-0.15, -0.1) is 0 Å². The van der Waals surface area contributed by atoms with Gasteiger partial charge in [-0.1, -0.05) is 25.7 Å². The number of nitrogens with one attached hydrogen (secondary N) is 2. The molecule has 1 saturated carbocycles. The third-order valence-corrected chi connectivity index (χ3v) is 3.66. The summed E-state index contributed by atoms with van der Waals surface area (Å²) in [5, 5.41) is 10.5. The van der Waals surface area contributed by atoms with Crippen LogP contribution >= 0.6 is 0 Å². The van der Waals surface area contributed by atoms with Gasteiger partial charge in [0.1, 0.15) is 12.7 Å². The largest absolute Gasteiger partial charge is 0.357 e. The average Bonchev–Trinajstić information content (AvgIpc) is 2.93. The van der Waals surface area contributed by atoms with E-state index in [0.29, 0.717) is 23.9 Å². The highest BCUT2D eigenvalue weighted by Gasteiger charge is 2.15. The minimum absolute atomic E-state index is 0.434. The molecule has 2 heterocycles. The van der Waals surface area contributed by atoms with Crippen molar-refractivity contribution in [1.82, 2.24) is 29.7 Å². The summed E-state index contributed by atoms with van der Waals surface area (Å²) in [6.07, 6.45) is 10.5. The predicted octanol–water partition coefficient (Wildman–Crippen LogP) is 1.63. The molecule has 0 amide bonds. The van der Waals surface area contributed by atoms with Gasteiger partial charge >= 0.3 is 0 Å². The fraction of sp³-hybridized carbons (Fsp3) is 0.615. The van der Waals surface area contributed by atoms with Crippen LogP contribution in [0, 0.1) is 0 Å². The summed E-state index contributed by atoms with van der Waals surface area (Å²) in [6.45, 7) is 0. The molecule has 2 aromatic heterocycles. The van der Waals surface area contributed by atoms with Crippen LogP contribution in [0.3, 0.4) is 0 Å². The molecule has 0 atom stereocenters. The summed E-state index contributed by atoms with van der Waals surface area (Å²) in [7, 11) is 1.79. The van der Waals surface area contributed by atoms with E-state index in [1.165, 1.54) is 49.5 Å². The zero-order valence-electron chi connectivity index (χ0n) is 12.2. The third-order valence-electron chi connectivity index (χ3n) is 3.66. The van der Waals surface area contributed by atoms with Gasteiger partial charge in [-0.2, -0.15) is 24.7 Å². The Balaban J connectivity index is 1.82. The molecule has 0 spiro atoms. The lowest BCUT2D eigenvalue weighted by molar-refractivity contribution is 0.613. The number of nitrogens with zero attached hydrogens (tertiary/aromatic N) is 6. The second-order valence-corrected chi connectivity index (χ2v) is 5.21. The van der Waals surface area contributed by atoms with Crippen LogP contribution in [0.4, 0.5) is 11.9 Å². The Labute approximate surface area is 123 Å². The molecule has 0 saturated heterocycles. The Morgan fingerprint density at radius 2 is 1.81 bits per heavy atom. The number of rotatable bonds is 4. The van der Waals surface area contributed by atoms with Gasteiger partial charge < -0.3 is 10.6 Å². The van der Waals surface area contributed by atoms with E-state index in [2.05, 4.69) is 35.7 Å². The van der Waals surface area contributed by atoms with Gasteiger partial charge in [0.15, 0.2) is 0 Å². The zero-order valence-corrected chi connectivity index (χ0v) is 12.2. The summed E-state index contributed by atoms with van der Waals surface area (Å²) in [5.41, 5.74) is 0. The van der Waals surface area contributed by atoms with Crippen molar-refractivity contribution in [3.8, 4) is 5.95 Å². The summed E-state index contributed by atoms with van der Waals surface area (Å²) in [6, 6.07) is 0.434. The van der Waals surface area contributed by atoms with E-state index in [0.717, 1.165) is 0 Å². The number of anilines is 2. The fourth-order valence-corrected chi connectivity index (χ4v) is 2.56. The molecule has 0 aliphatic heterocycles. The predicted molar refractivity (Wildman–Crippen MR) is 79.4 cm³/mol. The molecular weight excluding hydrogens is 268 g/mol. The smallest absolute Gasteiger partial charge is 0.258 e. The van der Waals surface area contributed by atoms with E-state index in [-0.39, 0.29) is 0 Å². The first-order chi connectivity index (χ1) is 10.3. The molecule has 0 aromatic carbocycles. The van der Waals surface area contributed by atoms with Crippen molar-refractivity contribution in [1.29, 1.82) is 0 Å². The van der Waals surface area contributed by atoms with Crippen LogP contribution in [0.5, 0.6) is 0 Å². The number of aromatic nitrogens is 6. The van der Waals surface area contributed by atoms with Crippen LogP contribution in [-0.2, 0) is 0 Å². The molecule has 0 radical (unpaired) electrons. The van der Waals surface area contributed by atoms with Crippen LogP contribution < -0.4 is 10.6 Å². The lowest BCUT2D eigenvalue weighted by Crippen LogP contribution is -2.21. The Kier molecular flexibility index (Phi) is 4.23. The van der Waals surface area contributed by atoms with Gasteiger partial charge in [-0.3, -0.25) is 0 Å². The average molecular weight is 288 g/mol. The number of hydrogen-bond donors (Lipinski definition) is 2. The standard InChI is InChI=1S/C13H20N8/c1-14-11-18-12(17-10-6-4-2-3-5-7-10)20-13(19-11)21-9-15-8-16-21/h8-10H,2-7H2,1H3,(H2,14,17,18,19,20). The highest BCUT2D eigenvalue weighted by atomic mass is 15.4. The van der Waals surface area contributed by atoms with Crippen molar-refractivity contribution in [2.45, 2.75) is 44.6 Å². The molecule has 21 heavy (non-hydrogen) atoms. The van der Waals surface area contributed by atoms with Gasteiger partial charge in [0.05, 0.1) is 0 Å². The zero-order chi connectivity index (χ0) is 14.5. The molecule has 8 nitrogen and oxygen atoms in total. The molecule has 1 fully saturated rings. The Morgan fingerprint density at radius 3 is 2.48 bits per heavy atom. The molecule has 3 rings (SSSR count). The highest BCUT2D eigenvalue weighted by molar-refractivity contribution is 5.37. The summed E-state index contributed by atoms with van der Waals surface area (Å²) < 4.78 is 1.53. The maximum absolute atomic E-state index is 4.44. The van der Waals surface area contributed by atoms with Crippen LogP contribution in [-0.4, -0.2) is 42.8 Å². The van der Waals surface area contributed by atoms with Gasteiger partial charge in [0.25, 0.3) is 5.95 Å². The van der Waals surface area contributed by atoms with Gasteiger partial charge in [0, 0.05) is 13.1 Å². The molecular formula is C13H20N8. The van der Waals surface area contributed by atoms with E-state index in [4.69, 9.17) is 0 Å². The lowest BCUT2D eigenvalue weighted by Gasteiger charge is -2.16. The van der Waals surface area contributed by atoms with Crippen LogP contribution in [0.15, 0.2) is 12.7 Å². The first kappa shape index (κ1) is 13.7. The van der Waals surface area contributed by atoms with E-state index >= 15 is 0 Å². The van der Waals surface area contributed by atoms with Crippen molar-refractivity contribution in [2.75, 3.05) is 17.7 Å². The van der Waals surface area contributed by atoms with Crippen molar-refractivity contribution >= 4 is 11.9 Å². The SMILES string of the molecule is CNc1nc(NC2CCCCCC2)nc(-n2cncn2)n1. The van der Waals surface area contributed by atoms with Crippen LogP contribution in [0.25, 0.3) is 5.95 Å². The quantitative estimate of drug-likeness (QED) is 0.826. The Hall–Kier alpha value is -2.25. The molecule has 0 bridgehead atoms. The van der Waals surface area contributed by atoms with E-state index < -0.39 is 0 Å². The van der Waals surface area contributed by atoms with E-state index in [1.54, 1.807) is 13.4 Å². The minimum Gasteiger partial charge on any atom is -0.357 e. The maximum atomic E-state index is 4.44. The second kappa shape index (κ2) is 6.47. The maximum Gasteiger partial charge on any atom is 0.258 e. The van der Waals surface area contributed by atoms with Crippen molar-refractivity contribution in [2.24, 2.45) is 0 Å². The van der Waals surface area contributed by atoms with Gasteiger partial charge in [-0.25, -0.2) is 4.98 Å². The molecule has 1 aliphatic carbocycles. The molecule has 8 heteroatoms. The second-order valence-electron chi connectivity index (χ2n) is 5.21. The van der Waals surface area contributed by atoms with Gasteiger partial charge in [0.2, 0.25) is 11.9 Å². The Morgan fingerprint density at radius 1 is 1.05 bits per heavy atom. The first-order valence-electron chi connectivity index (χ1n) is 7.40. The molecule has 2 N–H and O–H groups in total. The highest BCUT2D eigenvalue weighted by Crippen LogP contribution is 2.20. The van der Waals surface area contributed by atoms with E-state index in [1.807, 2.05) is 0 Å². The van der Waals surface area contributed by atoms with Crippen LogP contribution in [0.1, 0.15) is 38.5 Å². The van der Waals surface area contributed by atoms with Crippen molar-refractivity contribution in [3.63, 3.8) is 0 Å². The third kappa shape index (κ3) is 3.45. The van der Waals surface area contributed by atoms with Gasteiger partial charge in [-0.05, 0) is 12.8 Å². The molecule has 112 valence electrons. The number of hydrogen-bond acceptors (Lipinski definition) is 7. The topological polar surface area (TPSA) is 93.4 Å². The Bertz CT molecular complexity index is 560. The van der Waals surface area contributed by atoms with Crippen molar-refractivity contribution < 1.29 is 0 Å². The first-order valence-corrected chi connectivity index (χ1v) is 7.40. The summed E-state index contributed by atoms with van der Waals surface area (Å²) in [5.74, 6) is 1.57. The van der Waals surface area contributed by atoms with E-state index in [9.17, 15) is 0 Å². The normalized spacial score (nSPS) is 16.4. The molecule has 1 aliphatic rings. The molecule has 0 unspecified atom stereocenters. The lowest BCUT2D eigenvalue weighted by atomic mass is 10.1. The minimum atomic E-state index is 0.434. The summed E-state index contributed by atoms with van der Waals surface area (Å²) in [4.78, 5) is 17.0. The monoisotopic (exact) mass is 288 g/mol. The summed E-state index contributed by atoms with van der Waals surface area (Å²) >= 11 is 0. The van der Waals surface area contributed by atoms with Crippen molar-refractivity contribution in [3.05, 3.63) is 12.7 Å². The van der Waals surface area contributed by atoms with Crippen LogP contribution in [0.2, 0.25) is 0 Å². The fourth-order valence-electron chi connectivity index (χ4n) is 2.56.